The molecule has 1 aliphatic heterocycles. The maximum Gasteiger partial charge on any atom is 0.232 e. The Morgan fingerprint density at radius 2 is 1.76 bits per heavy atom. The summed E-state index contributed by atoms with van der Waals surface area (Å²) in [4.78, 5) is 12.5. The first-order chi connectivity index (χ1) is 15.6. The summed E-state index contributed by atoms with van der Waals surface area (Å²) in [6.45, 7) is 7.44. The minimum Gasteiger partial charge on any atom is -0.486 e. The third kappa shape index (κ3) is 6.87. The molecule has 33 heavy (non-hydrogen) atoms. The van der Waals surface area contributed by atoms with Crippen LogP contribution in [-0.4, -0.2) is 46.4 Å². The SMILES string of the molecule is C[C@@H](CC(C)(C)c1ccccc1)NC(=O)CCCN(c1ccc2c(c1)OCCO2)S(C)(=O)=O. The van der Waals surface area contributed by atoms with E-state index in [1.165, 1.54) is 9.87 Å². The van der Waals surface area contributed by atoms with Crippen LogP contribution >= 0.6 is 0 Å². The Kier molecular flexibility index (Phi) is 7.89. The quantitative estimate of drug-likeness (QED) is 0.565. The van der Waals surface area contributed by atoms with Gasteiger partial charge in [-0.1, -0.05) is 44.2 Å². The van der Waals surface area contributed by atoms with Crippen molar-refractivity contribution in [2.24, 2.45) is 0 Å². The van der Waals surface area contributed by atoms with Crippen molar-refractivity contribution in [2.45, 2.75) is 51.5 Å². The van der Waals surface area contributed by atoms with Gasteiger partial charge >= 0.3 is 0 Å². The van der Waals surface area contributed by atoms with Crippen molar-refractivity contribution in [2.75, 3.05) is 30.3 Å². The molecule has 0 fully saturated rings. The van der Waals surface area contributed by atoms with Gasteiger partial charge in [0.05, 0.1) is 11.9 Å². The van der Waals surface area contributed by atoms with E-state index in [0.29, 0.717) is 36.8 Å². The number of rotatable bonds is 10. The van der Waals surface area contributed by atoms with Crippen molar-refractivity contribution in [3.63, 3.8) is 0 Å². The largest absolute Gasteiger partial charge is 0.486 e. The van der Waals surface area contributed by atoms with E-state index < -0.39 is 10.0 Å². The van der Waals surface area contributed by atoms with Crippen LogP contribution in [0.3, 0.4) is 0 Å². The third-order valence-corrected chi connectivity index (χ3v) is 6.95. The summed E-state index contributed by atoms with van der Waals surface area (Å²) < 4.78 is 37.2. The Hall–Kier alpha value is -2.74. The first-order valence-electron chi connectivity index (χ1n) is 11.3. The van der Waals surface area contributed by atoms with Gasteiger partial charge in [-0.3, -0.25) is 9.10 Å². The molecular weight excluding hydrogens is 440 g/mol. The Morgan fingerprint density at radius 1 is 1.09 bits per heavy atom. The fourth-order valence-electron chi connectivity index (χ4n) is 4.23. The number of carbonyl (C=O) groups excluding carboxylic acids is 1. The molecule has 0 unspecified atom stereocenters. The second kappa shape index (κ2) is 10.5. The number of anilines is 1. The summed E-state index contributed by atoms with van der Waals surface area (Å²) in [5.74, 6) is 1.05. The molecule has 1 atom stereocenters. The first kappa shape index (κ1) is 24.9. The van der Waals surface area contributed by atoms with E-state index in [0.717, 1.165) is 12.7 Å². The van der Waals surface area contributed by atoms with Crippen LogP contribution in [0.4, 0.5) is 5.69 Å². The number of amides is 1. The molecule has 2 aromatic rings. The van der Waals surface area contributed by atoms with Crippen LogP contribution < -0.4 is 19.1 Å². The minimum absolute atomic E-state index is 0.00323. The fraction of sp³-hybridized carbons (Fsp3) is 0.480. The summed E-state index contributed by atoms with van der Waals surface area (Å²) >= 11 is 0. The van der Waals surface area contributed by atoms with Gasteiger partial charge in [0.2, 0.25) is 15.9 Å². The summed E-state index contributed by atoms with van der Waals surface area (Å²) in [5, 5.41) is 3.06. The van der Waals surface area contributed by atoms with Gasteiger partial charge in [-0.15, -0.1) is 0 Å². The van der Waals surface area contributed by atoms with E-state index in [1.54, 1.807) is 18.2 Å². The number of nitrogens with one attached hydrogen (secondary N) is 1. The number of hydrogen-bond acceptors (Lipinski definition) is 5. The monoisotopic (exact) mass is 474 g/mol. The predicted molar refractivity (Wildman–Crippen MR) is 131 cm³/mol. The normalized spacial score (nSPS) is 14.4. The highest BCUT2D eigenvalue weighted by Gasteiger charge is 2.24. The topological polar surface area (TPSA) is 84.9 Å². The summed E-state index contributed by atoms with van der Waals surface area (Å²) in [6, 6.07) is 15.3. The number of ether oxygens (including phenoxy) is 2. The molecule has 1 heterocycles. The number of hydrogen-bond donors (Lipinski definition) is 1. The van der Waals surface area contributed by atoms with Crippen molar-refractivity contribution in [1.82, 2.24) is 5.32 Å². The summed E-state index contributed by atoms with van der Waals surface area (Å²) in [5.41, 5.74) is 1.66. The van der Waals surface area contributed by atoms with Crippen LogP contribution in [-0.2, 0) is 20.2 Å². The van der Waals surface area contributed by atoms with Crippen LogP contribution in [0, 0.1) is 0 Å². The molecular formula is C25H34N2O5S. The molecule has 8 heteroatoms. The van der Waals surface area contributed by atoms with Gasteiger partial charge in [0.15, 0.2) is 11.5 Å². The molecule has 0 aliphatic carbocycles. The zero-order valence-electron chi connectivity index (χ0n) is 19.8. The molecule has 0 radical (unpaired) electrons. The zero-order valence-corrected chi connectivity index (χ0v) is 20.7. The highest BCUT2D eigenvalue weighted by molar-refractivity contribution is 7.92. The number of sulfonamides is 1. The molecule has 3 rings (SSSR count). The van der Waals surface area contributed by atoms with Gasteiger partial charge in [0, 0.05) is 25.1 Å². The van der Waals surface area contributed by atoms with Crippen LogP contribution in [0.2, 0.25) is 0 Å². The lowest BCUT2D eigenvalue weighted by atomic mass is 9.79. The molecule has 0 saturated heterocycles. The predicted octanol–water partition coefficient (Wildman–Crippen LogP) is 3.88. The molecule has 2 aromatic carbocycles. The third-order valence-electron chi connectivity index (χ3n) is 5.76. The molecule has 7 nitrogen and oxygen atoms in total. The van der Waals surface area contributed by atoms with Crippen LogP contribution in [0.1, 0.15) is 45.6 Å². The van der Waals surface area contributed by atoms with Gasteiger partial charge in [0.1, 0.15) is 13.2 Å². The maximum atomic E-state index is 12.5. The van der Waals surface area contributed by atoms with Crippen molar-refractivity contribution in [3.05, 3.63) is 54.1 Å². The average molecular weight is 475 g/mol. The van der Waals surface area contributed by atoms with E-state index in [4.69, 9.17) is 9.47 Å². The van der Waals surface area contributed by atoms with Crippen LogP contribution in [0.15, 0.2) is 48.5 Å². The number of nitrogens with zero attached hydrogens (tertiary/aromatic N) is 1. The first-order valence-corrected chi connectivity index (χ1v) is 13.1. The van der Waals surface area contributed by atoms with Crippen LogP contribution in [0.5, 0.6) is 11.5 Å². The molecule has 1 amide bonds. The standard InChI is InChI=1S/C25H34N2O5S/c1-19(18-25(2,3)20-9-6-5-7-10-20)26-24(28)11-8-14-27(33(4,29)30)21-12-13-22-23(17-21)32-16-15-31-22/h5-7,9-10,12-13,17,19H,8,11,14-16,18H2,1-4H3,(H,26,28)/t19-/m0/s1. The van der Waals surface area contributed by atoms with Crippen molar-refractivity contribution < 1.29 is 22.7 Å². The molecule has 0 aromatic heterocycles. The Balaban J connectivity index is 1.54. The molecule has 0 spiro atoms. The second-order valence-electron chi connectivity index (χ2n) is 9.19. The van der Waals surface area contributed by atoms with Gasteiger partial charge in [-0.05, 0) is 42.9 Å². The summed E-state index contributed by atoms with van der Waals surface area (Å²) in [7, 11) is -3.51. The zero-order chi connectivity index (χ0) is 24.1. The van der Waals surface area contributed by atoms with E-state index in [1.807, 2.05) is 25.1 Å². The smallest absolute Gasteiger partial charge is 0.232 e. The number of benzene rings is 2. The van der Waals surface area contributed by atoms with E-state index in [2.05, 4.69) is 31.3 Å². The van der Waals surface area contributed by atoms with Crippen LogP contribution in [0.25, 0.3) is 0 Å². The Labute approximate surface area is 197 Å². The van der Waals surface area contributed by atoms with Crippen molar-refractivity contribution in [3.8, 4) is 11.5 Å². The van der Waals surface area contributed by atoms with E-state index in [-0.39, 0.29) is 30.3 Å². The molecule has 0 saturated carbocycles. The Morgan fingerprint density at radius 3 is 2.42 bits per heavy atom. The lowest BCUT2D eigenvalue weighted by Gasteiger charge is -2.29. The molecule has 0 bridgehead atoms. The number of carbonyl (C=O) groups is 1. The molecule has 180 valence electrons. The van der Waals surface area contributed by atoms with Gasteiger partial charge in [0.25, 0.3) is 0 Å². The molecule has 1 N–H and O–H groups in total. The lowest BCUT2D eigenvalue weighted by molar-refractivity contribution is -0.121. The highest BCUT2D eigenvalue weighted by Crippen LogP contribution is 2.34. The van der Waals surface area contributed by atoms with Gasteiger partial charge < -0.3 is 14.8 Å². The fourth-order valence-corrected chi connectivity index (χ4v) is 5.18. The van der Waals surface area contributed by atoms with Gasteiger partial charge in [-0.25, -0.2) is 8.42 Å². The van der Waals surface area contributed by atoms with Crippen molar-refractivity contribution >= 4 is 21.6 Å². The Bertz CT molecular complexity index is 1050. The maximum absolute atomic E-state index is 12.5. The molecule has 1 aliphatic rings. The van der Waals surface area contributed by atoms with E-state index in [9.17, 15) is 13.2 Å². The number of fused-ring (bicyclic) bond motifs is 1. The highest BCUT2D eigenvalue weighted by atomic mass is 32.2. The average Bonchev–Trinajstić information content (AvgIpc) is 2.75. The van der Waals surface area contributed by atoms with Crippen molar-refractivity contribution in [1.29, 1.82) is 0 Å². The summed E-state index contributed by atoms with van der Waals surface area (Å²) in [6.07, 6.45) is 2.61. The second-order valence-corrected chi connectivity index (χ2v) is 11.1. The lowest BCUT2D eigenvalue weighted by Crippen LogP contribution is -2.38. The minimum atomic E-state index is -3.51. The van der Waals surface area contributed by atoms with Gasteiger partial charge in [-0.2, -0.15) is 0 Å². The van der Waals surface area contributed by atoms with E-state index >= 15 is 0 Å².